The lowest BCUT2D eigenvalue weighted by Crippen LogP contribution is -2.13. The Labute approximate surface area is 154 Å². The molecule has 0 radical (unpaired) electrons. The molecular weight excluding hydrogens is 350 g/mol. The first-order chi connectivity index (χ1) is 12.5. The molecule has 0 saturated carbocycles. The molecule has 1 saturated heterocycles. The highest BCUT2D eigenvalue weighted by Gasteiger charge is 2.28. The summed E-state index contributed by atoms with van der Waals surface area (Å²) in [5, 5.41) is 8.77. The third-order valence-electron chi connectivity index (χ3n) is 4.50. The molecule has 0 bridgehead atoms. The van der Waals surface area contributed by atoms with Crippen LogP contribution in [0.4, 0.5) is 0 Å². The van der Waals surface area contributed by atoms with Gasteiger partial charge in [0, 0.05) is 12.0 Å². The molecule has 0 amide bonds. The summed E-state index contributed by atoms with van der Waals surface area (Å²) in [4.78, 5) is 0. The van der Waals surface area contributed by atoms with E-state index < -0.39 is 9.84 Å². The topological polar surface area (TPSA) is 76.4 Å². The maximum atomic E-state index is 11.6. The van der Waals surface area contributed by atoms with Crippen molar-refractivity contribution in [3.05, 3.63) is 48.0 Å². The molecule has 1 unspecified atom stereocenters. The summed E-state index contributed by atoms with van der Waals surface area (Å²) < 4.78 is 34.4. The van der Waals surface area contributed by atoms with Crippen LogP contribution in [0.1, 0.15) is 12.0 Å². The van der Waals surface area contributed by atoms with Crippen molar-refractivity contribution in [2.24, 2.45) is 5.92 Å². The first kappa shape index (κ1) is 18.3. The van der Waals surface area contributed by atoms with Gasteiger partial charge < -0.3 is 9.47 Å². The molecule has 1 aliphatic rings. The monoisotopic (exact) mass is 371 g/mol. The van der Waals surface area contributed by atoms with Gasteiger partial charge in [0.15, 0.2) is 9.84 Å². The normalized spacial score (nSPS) is 18.2. The molecule has 1 heterocycles. The van der Waals surface area contributed by atoms with Crippen molar-refractivity contribution in [1.29, 1.82) is 5.26 Å². The summed E-state index contributed by atoms with van der Waals surface area (Å²) >= 11 is 0. The fourth-order valence-electron chi connectivity index (χ4n) is 3.06. The van der Waals surface area contributed by atoms with Crippen LogP contribution in [-0.2, 0) is 16.3 Å². The van der Waals surface area contributed by atoms with Crippen LogP contribution in [0.3, 0.4) is 0 Å². The molecule has 0 N–H and O–H groups in total. The van der Waals surface area contributed by atoms with E-state index in [0.717, 1.165) is 16.7 Å². The maximum Gasteiger partial charge on any atom is 0.150 e. The Balaban J connectivity index is 1.77. The molecule has 1 aliphatic heterocycles. The number of hydrogen-bond acceptors (Lipinski definition) is 5. The first-order valence-corrected chi connectivity index (χ1v) is 10.3. The predicted molar refractivity (Wildman–Crippen MR) is 100 cm³/mol. The molecule has 0 spiro atoms. The van der Waals surface area contributed by atoms with Crippen LogP contribution in [0, 0.1) is 17.2 Å². The molecule has 0 aliphatic carbocycles. The molecule has 0 aromatic heterocycles. The molecule has 1 atom stereocenters. The molecule has 6 heteroatoms. The van der Waals surface area contributed by atoms with E-state index in [1.165, 1.54) is 0 Å². The highest BCUT2D eigenvalue weighted by atomic mass is 32.2. The minimum Gasteiger partial charge on any atom is -0.497 e. The highest BCUT2D eigenvalue weighted by Crippen LogP contribution is 2.31. The average molecular weight is 371 g/mol. The van der Waals surface area contributed by atoms with Gasteiger partial charge in [-0.2, -0.15) is 5.26 Å². The van der Waals surface area contributed by atoms with E-state index in [1.54, 1.807) is 13.2 Å². The molecule has 5 nitrogen and oxygen atoms in total. The van der Waals surface area contributed by atoms with Crippen molar-refractivity contribution in [1.82, 2.24) is 0 Å². The van der Waals surface area contributed by atoms with E-state index >= 15 is 0 Å². The average Bonchev–Trinajstić information content (AvgIpc) is 2.99. The number of ether oxygens (including phenoxy) is 2. The Hall–Kier alpha value is -2.52. The van der Waals surface area contributed by atoms with E-state index in [9.17, 15) is 8.42 Å². The molecule has 136 valence electrons. The van der Waals surface area contributed by atoms with Gasteiger partial charge in [-0.3, -0.25) is 0 Å². The fourth-order valence-corrected chi connectivity index (χ4v) is 4.90. The van der Waals surface area contributed by atoms with Gasteiger partial charge in [-0.25, -0.2) is 8.42 Å². The van der Waals surface area contributed by atoms with E-state index in [1.807, 2.05) is 36.4 Å². The summed E-state index contributed by atoms with van der Waals surface area (Å²) in [6.45, 7) is 0.382. The molecule has 2 aromatic carbocycles. The lowest BCUT2D eigenvalue weighted by molar-refractivity contribution is 0.262. The lowest BCUT2D eigenvalue weighted by Gasteiger charge is -2.13. The number of rotatable bonds is 6. The first-order valence-electron chi connectivity index (χ1n) is 8.47. The molecule has 2 aromatic rings. The van der Waals surface area contributed by atoms with E-state index in [2.05, 4.69) is 6.07 Å². The van der Waals surface area contributed by atoms with Crippen LogP contribution in [0.15, 0.2) is 42.5 Å². The summed E-state index contributed by atoms with van der Waals surface area (Å²) in [6.07, 6.45) is 1.04. The second-order valence-corrected chi connectivity index (χ2v) is 8.74. The number of methoxy groups -OCH3 is 1. The number of sulfone groups is 1. The van der Waals surface area contributed by atoms with Gasteiger partial charge in [-0.15, -0.1) is 0 Å². The van der Waals surface area contributed by atoms with Crippen molar-refractivity contribution in [2.75, 3.05) is 25.2 Å². The Kier molecular flexibility index (Phi) is 5.48. The van der Waals surface area contributed by atoms with Crippen molar-refractivity contribution < 1.29 is 17.9 Å². The lowest BCUT2D eigenvalue weighted by atomic mass is 10.0. The minimum absolute atomic E-state index is 0.0416. The molecule has 26 heavy (non-hydrogen) atoms. The SMILES string of the molecule is COc1cc(OCC2CCS(=O)(=O)C2)cc(-c2ccc(CC#N)cc2)c1. The predicted octanol–water partition coefficient (Wildman–Crippen LogP) is 3.24. The van der Waals surface area contributed by atoms with Crippen molar-refractivity contribution in [3.63, 3.8) is 0 Å². The summed E-state index contributed by atoms with van der Waals surface area (Å²) in [7, 11) is -1.30. The third-order valence-corrected chi connectivity index (χ3v) is 6.34. The van der Waals surface area contributed by atoms with Gasteiger partial charge in [0.05, 0.1) is 37.7 Å². The second kappa shape index (κ2) is 7.79. The quantitative estimate of drug-likeness (QED) is 0.779. The van der Waals surface area contributed by atoms with Crippen LogP contribution in [0.2, 0.25) is 0 Å². The number of benzene rings is 2. The van der Waals surface area contributed by atoms with Gasteiger partial charge in [-0.05, 0) is 35.2 Å². The number of nitriles is 1. The van der Waals surface area contributed by atoms with Crippen LogP contribution in [0.5, 0.6) is 11.5 Å². The zero-order valence-corrected chi connectivity index (χ0v) is 15.5. The standard InChI is InChI=1S/C20H21NO4S/c1-24-19-10-18(17-4-2-15(3-5-17)6-8-21)11-20(12-19)25-13-16-7-9-26(22,23)14-16/h2-5,10-12,16H,6-7,9,13-14H2,1H3. The molecule has 1 fully saturated rings. The van der Waals surface area contributed by atoms with Crippen molar-refractivity contribution >= 4 is 9.84 Å². The molecule has 3 rings (SSSR count). The van der Waals surface area contributed by atoms with Crippen LogP contribution in [0.25, 0.3) is 11.1 Å². The van der Waals surface area contributed by atoms with E-state index in [-0.39, 0.29) is 17.4 Å². The third kappa shape index (κ3) is 4.55. The van der Waals surface area contributed by atoms with Crippen LogP contribution < -0.4 is 9.47 Å². The Morgan fingerprint density at radius 1 is 1.12 bits per heavy atom. The summed E-state index contributed by atoms with van der Waals surface area (Å²) in [5.74, 6) is 1.83. The van der Waals surface area contributed by atoms with Gasteiger partial charge in [0.2, 0.25) is 0 Å². The fraction of sp³-hybridized carbons (Fsp3) is 0.350. The summed E-state index contributed by atoms with van der Waals surface area (Å²) in [5.41, 5.74) is 2.92. The minimum atomic E-state index is -2.90. The smallest absolute Gasteiger partial charge is 0.150 e. The van der Waals surface area contributed by atoms with Gasteiger partial charge >= 0.3 is 0 Å². The highest BCUT2D eigenvalue weighted by molar-refractivity contribution is 7.91. The van der Waals surface area contributed by atoms with E-state index in [4.69, 9.17) is 14.7 Å². The molecular formula is C20H21NO4S. The van der Waals surface area contributed by atoms with E-state index in [0.29, 0.717) is 30.9 Å². The van der Waals surface area contributed by atoms with Gasteiger partial charge in [0.1, 0.15) is 11.5 Å². The van der Waals surface area contributed by atoms with Crippen LogP contribution >= 0.6 is 0 Å². The zero-order valence-electron chi connectivity index (χ0n) is 14.6. The number of hydrogen-bond donors (Lipinski definition) is 0. The summed E-state index contributed by atoms with van der Waals surface area (Å²) in [6, 6.07) is 15.6. The van der Waals surface area contributed by atoms with Gasteiger partial charge in [-0.1, -0.05) is 24.3 Å². The van der Waals surface area contributed by atoms with Crippen molar-refractivity contribution in [2.45, 2.75) is 12.8 Å². The maximum absolute atomic E-state index is 11.6. The largest absolute Gasteiger partial charge is 0.497 e. The Morgan fingerprint density at radius 3 is 2.46 bits per heavy atom. The van der Waals surface area contributed by atoms with Crippen LogP contribution in [-0.4, -0.2) is 33.6 Å². The van der Waals surface area contributed by atoms with Crippen molar-refractivity contribution in [3.8, 4) is 28.7 Å². The Bertz CT molecular complexity index is 914. The Morgan fingerprint density at radius 2 is 1.85 bits per heavy atom. The second-order valence-electron chi connectivity index (χ2n) is 6.51. The number of nitrogens with zero attached hydrogens (tertiary/aromatic N) is 1. The zero-order chi connectivity index (χ0) is 18.6. The van der Waals surface area contributed by atoms with Gasteiger partial charge in [0.25, 0.3) is 0 Å².